The number of methoxy groups -OCH3 is 1. The maximum absolute atomic E-state index is 11.3. The van der Waals surface area contributed by atoms with E-state index in [9.17, 15) is 8.42 Å². The van der Waals surface area contributed by atoms with Crippen molar-refractivity contribution in [3.8, 4) is 0 Å². The summed E-state index contributed by atoms with van der Waals surface area (Å²) >= 11 is 0. The predicted molar refractivity (Wildman–Crippen MR) is 93.6 cm³/mol. The third-order valence-electron chi connectivity index (χ3n) is 4.41. The Labute approximate surface area is 147 Å². The molecule has 3 rings (SSSR count). The van der Waals surface area contributed by atoms with Gasteiger partial charge in [-0.2, -0.15) is 5.10 Å². The normalized spacial score (nSPS) is 21.7. The predicted octanol–water partition coefficient (Wildman–Crippen LogP) is 0.450. The van der Waals surface area contributed by atoms with Gasteiger partial charge in [-0.05, 0) is 6.42 Å². The van der Waals surface area contributed by atoms with Gasteiger partial charge >= 0.3 is 0 Å². The molecule has 1 aliphatic rings. The average Bonchev–Trinajstić information content (AvgIpc) is 3.21. The lowest BCUT2D eigenvalue weighted by Gasteiger charge is -2.22. The molecular weight excluding hydrogens is 344 g/mol. The number of hydrogen-bond acceptors (Lipinski definition) is 6. The van der Waals surface area contributed by atoms with Crippen LogP contribution in [0.2, 0.25) is 0 Å². The fraction of sp³-hybridized carbons (Fsp3) is 0.600. The van der Waals surface area contributed by atoms with Crippen LogP contribution in [0, 0.1) is 0 Å². The molecule has 0 amide bonds. The van der Waals surface area contributed by atoms with E-state index in [-0.39, 0.29) is 12.1 Å². The Kier molecular flexibility index (Phi) is 5.11. The summed E-state index contributed by atoms with van der Waals surface area (Å²) in [7, 11) is 0.385. The third-order valence-corrected chi connectivity index (χ3v) is 5.02. The topological polar surface area (TPSA) is 94.3 Å². The molecule has 0 radical (unpaired) electrons. The number of aromatic nitrogens is 4. The number of rotatable bonds is 7. The lowest BCUT2D eigenvalue weighted by molar-refractivity contribution is 0.110. The van der Waals surface area contributed by atoms with E-state index in [0.29, 0.717) is 12.3 Å². The van der Waals surface area contributed by atoms with Crippen LogP contribution in [0.15, 0.2) is 24.8 Å². The van der Waals surface area contributed by atoms with Crippen molar-refractivity contribution in [3.05, 3.63) is 30.6 Å². The maximum Gasteiger partial charge on any atom is 0.229 e. The first-order chi connectivity index (χ1) is 11.9. The van der Waals surface area contributed by atoms with Crippen molar-refractivity contribution in [3.63, 3.8) is 0 Å². The minimum absolute atomic E-state index is 0.163. The number of aryl methyl sites for hydroxylation is 1. The first-order valence-electron chi connectivity index (χ1n) is 8.07. The molecule has 138 valence electrons. The summed E-state index contributed by atoms with van der Waals surface area (Å²) in [6.07, 6.45) is 9.02. The molecule has 0 bridgehead atoms. The van der Waals surface area contributed by atoms with Crippen LogP contribution in [0.5, 0.6) is 0 Å². The van der Waals surface area contributed by atoms with E-state index in [4.69, 9.17) is 4.74 Å². The largest absolute Gasteiger partial charge is 0.383 e. The van der Waals surface area contributed by atoms with Crippen LogP contribution in [-0.4, -0.2) is 65.2 Å². The highest BCUT2D eigenvalue weighted by atomic mass is 32.2. The molecule has 0 aromatic carbocycles. The van der Waals surface area contributed by atoms with E-state index >= 15 is 0 Å². The number of nitrogens with zero attached hydrogens (tertiary/aromatic N) is 5. The van der Waals surface area contributed by atoms with Crippen LogP contribution < -0.4 is 4.72 Å². The third kappa shape index (κ3) is 4.39. The van der Waals surface area contributed by atoms with Crippen molar-refractivity contribution in [2.24, 2.45) is 7.05 Å². The van der Waals surface area contributed by atoms with Gasteiger partial charge in [0.25, 0.3) is 0 Å². The second-order valence-electron chi connectivity index (χ2n) is 6.47. The van der Waals surface area contributed by atoms with E-state index in [1.54, 1.807) is 19.5 Å². The van der Waals surface area contributed by atoms with Crippen LogP contribution >= 0.6 is 0 Å². The molecule has 0 saturated carbocycles. The van der Waals surface area contributed by atoms with Crippen molar-refractivity contribution in [2.45, 2.75) is 25.0 Å². The molecule has 25 heavy (non-hydrogen) atoms. The van der Waals surface area contributed by atoms with Crippen molar-refractivity contribution in [2.75, 3.05) is 31.2 Å². The highest BCUT2D eigenvalue weighted by molar-refractivity contribution is 7.92. The van der Waals surface area contributed by atoms with Crippen molar-refractivity contribution < 1.29 is 13.2 Å². The highest BCUT2D eigenvalue weighted by Gasteiger charge is 2.34. The molecule has 2 aromatic heterocycles. The van der Waals surface area contributed by atoms with Gasteiger partial charge in [0.2, 0.25) is 10.0 Å². The lowest BCUT2D eigenvalue weighted by atomic mass is 10.2. The minimum Gasteiger partial charge on any atom is -0.383 e. The van der Waals surface area contributed by atoms with Crippen molar-refractivity contribution in [1.29, 1.82) is 0 Å². The molecule has 0 unspecified atom stereocenters. The Hall–Kier alpha value is -1.91. The fourth-order valence-electron chi connectivity index (χ4n) is 3.24. The SMILES string of the molecule is COC[C@@H]1C[C@H](n2cc(NS(C)(=O)=O)cn2)CN1Cc1nccn1C. The zero-order chi connectivity index (χ0) is 18.0. The molecule has 3 heterocycles. The monoisotopic (exact) mass is 368 g/mol. The van der Waals surface area contributed by atoms with E-state index in [2.05, 4.69) is 19.7 Å². The van der Waals surface area contributed by atoms with Crippen LogP contribution in [0.3, 0.4) is 0 Å². The second-order valence-corrected chi connectivity index (χ2v) is 8.21. The number of likely N-dealkylation sites (tertiary alicyclic amines) is 1. The van der Waals surface area contributed by atoms with Gasteiger partial charge in [0.15, 0.2) is 0 Å². The summed E-state index contributed by atoms with van der Waals surface area (Å²) in [6.45, 7) is 2.18. The molecule has 1 saturated heterocycles. The molecule has 2 atom stereocenters. The summed E-state index contributed by atoms with van der Waals surface area (Å²) in [5.41, 5.74) is 0.480. The van der Waals surface area contributed by atoms with E-state index in [0.717, 1.165) is 31.6 Å². The number of imidazole rings is 1. The summed E-state index contributed by atoms with van der Waals surface area (Å²) in [5.74, 6) is 1.00. The fourth-order valence-corrected chi connectivity index (χ4v) is 3.78. The molecule has 0 spiro atoms. The van der Waals surface area contributed by atoms with E-state index in [1.807, 2.05) is 22.5 Å². The summed E-state index contributed by atoms with van der Waals surface area (Å²) < 4.78 is 34.4. The number of nitrogens with one attached hydrogen (secondary N) is 1. The van der Waals surface area contributed by atoms with Gasteiger partial charge in [0.1, 0.15) is 5.82 Å². The zero-order valence-electron chi connectivity index (χ0n) is 14.7. The second kappa shape index (κ2) is 7.14. The van der Waals surface area contributed by atoms with Gasteiger partial charge in [-0.15, -0.1) is 0 Å². The van der Waals surface area contributed by atoms with E-state index < -0.39 is 10.0 Å². The molecule has 1 aliphatic heterocycles. The first kappa shape index (κ1) is 17.9. The molecule has 1 N–H and O–H groups in total. The Morgan fingerprint density at radius 3 is 2.88 bits per heavy atom. The maximum atomic E-state index is 11.3. The van der Waals surface area contributed by atoms with Crippen LogP contribution in [0.4, 0.5) is 5.69 Å². The Morgan fingerprint density at radius 1 is 1.44 bits per heavy atom. The summed E-state index contributed by atoms with van der Waals surface area (Å²) in [4.78, 5) is 6.73. The van der Waals surface area contributed by atoms with Gasteiger partial charge in [-0.25, -0.2) is 13.4 Å². The van der Waals surface area contributed by atoms with Gasteiger partial charge in [-0.3, -0.25) is 14.3 Å². The van der Waals surface area contributed by atoms with Crippen molar-refractivity contribution in [1.82, 2.24) is 24.2 Å². The number of hydrogen-bond donors (Lipinski definition) is 1. The van der Waals surface area contributed by atoms with Gasteiger partial charge < -0.3 is 9.30 Å². The summed E-state index contributed by atoms with van der Waals surface area (Å²) in [6, 6.07) is 0.428. The molecule has 2 aromatic rings. The molecule has 9 nitrogen and oxygen atoms in total. The smallest absolute Gasteiger partial charge is 0.229 e. The zero-order valence-corrected chi connectivity index (χ0v) is 15.5. The minimum atomic E-state index is -3.30. The highest BCUT2D eigenvalue weighted by Crippen LogP contribution is 2.29. The Bertz CT molecular complexity index is 815. The average molecular weight is 368 g/mol. The number of anilines is 1. The first-order valence-corrected chi connectivity index (χ1v) is 9.96. The van der Waals surface area contributed by atoms with Gasteiger partial charge in [0, 0.05) is 45.3 Å². The van der Waals surface area contributed by atoms with Crippen molar-refractivity contribution >= 4 is 15.7 Å². The van der Waals surface area contributed by atoms with Gasteiger partial charge in [-0.1, -0.05) is 0 Å². The molecular formula is C15H24N6O3S. The quantitative estimate of drug-likeness (QED) is 0.763. The van der Waals surface area contributed by atoms with Crippen LogP contribution in [0.1, 0.15) is 18.3 Å². The molecule has 1 fully saturated rings. The molecule has 10 heteroatoms. The van der Waals surface area contributed by atoms with Crippen LogP contribution in [-0.2, 0) is 28.4 Å². The van der Waals surface area contributed by atoms with Gasteiger partial charge in [0.05, 0.1) is 37.3 Å². The molecule has 0 aliphatic carbocycles. The summed E-state index contributed by atoms with van der Waals surface area (Å²) in [5, 5.41) is 4.33. The number of ether oxygens (including phenoxy) is 1. The number of sulfonamides is 1. The standard InChI is InChI=1S/C15H24N6O3S/c1-19-5-4-16-15(19)10-20-9-13(6-14(20)11-24-2)21-8-12(7-17-21)18-25(3,22)23/h4-5,7-8,13-14,18H,6,9-11H2,1-3H3/t13-,14-/m0/s1. The van der Waals surface area contributed by atoms with E-state index in [1.165, 1.54) is 6.20 Å². The van der Waals surface area contributed by atoms with Crippen LogP contribution in [0.25, 0.3) is 0 Å². The lowest BCUT2D eigenvalue weighted by Crippen LogP contribution is -2.33. The Balaban J connectivity index is 1.72. The Morgan fingerprint density at radius 2 is 2.24 bits per heavy atom.